The lowest BCUT2D eigenvalue weighted by Gasteiger charge is -2.13. The summed E-state index contributed by atoms with van der Waals surface area (Å²) in [5.74, 6) is -0.456. The van der Waals surface area contributed by atoms with Crippen LogP contribution >= 0.6 is 11.6 Å². The normalized spacial score (nSPS) is 18.9. The topological polar surface area (TPSA) is 20.2 Å². The highest BCUT2D eigenvalue weighted by molar-refractivity contribution is 6.30. The monoisotopic (exact) mass is 226 g/mol. The van der Waals surface area contributed by atoms with E-state index in [4.69, 9.17) is 16.7 Å². The van der Waals surface area contributed by atoms with Gasteiger partial charge in [-0.1, -0.05) is 23.7 Å². The summed E-state index contributed by atoms with van der Waals surface area (Å²) in [5, 5.41) is 9.25. The summed E-state index contributed by atoms with van der Waals surface area (Å²) in [6, 6.07) is 7.50. The zero-order valence-electron chi connectivity index (χ0n) is 8.21. The molecule has 1 aliphatic rings. The van der Waals surface area contributed by atoms with E-state index in [0.717, 1.165) is 18.4 Å². The molecule has 1 fully saturated rings. The largest absolute Gasteiger partial charge is 0.513 e. The molecule has 0 radical (unpaired) electrons. The number of allylic oxidation sites excluding steroid dienone is 1. The van der Waals surface area contributed by atoms with Crippen molar-refractivity contribution in [1.29, 1.82) is 0 Å². The van der Waals surface area contributed by atoms with Gasteiger partial charge < -0.3 is 5.11 Å². The molecular formula is C12H12ClFO. The molecule has 0 spiro atoms. The standard InChI is InChI=1S/C12H12ClFO/c13-10-3-1-9(2-4-10)12(5-6-12)7-11(14)8-15/h1-4,8,15H,5-7H2. The van der Waals surface area contributed by atoms with Crippen LogP contribution in [0.4, 0.5) is 4.39 Å². The van der Waals surface area contributed by atoms with Crippen LogP contribution in [0.1, 0.15) is 24.8 Å². The molecule has 3 heteroatoms. The quantitative estimate of drug-likeness (QED) is 0.769. The smallest absolute Gasteiger partial charge is 0.135 e. The predicted octanol–water partition coefficient (Wildman–Crippen LogP) is 4.13. The molecule has 0 unspecified atom stereocenters. The van der Waals surface area contributed by atoms with Crippen molar-refractivity contribution in [3.05, 3.63) is 46.9 Å². The first kappa shape index (κ1) is 10.5. The maximum atomic E-state index is 13.0. The van der Waals surface area contributed by atoms with Gasteiger partial charge in [-0.05, 0) is 30.5 Å². The third kappa shape index (κ3) is 2.15. The summed E-state index contributed by atoms with van der Waals surface area (Å²) < 4.78 is 13.0. The number of benzene rings is 1. The molecule has 1 nitrogen and oxygen atoms in total. The number of aliphatic hydroxyl groups is 1. The molecule has 1 aromatic rings. The van der Waals surface area contributed by atoms with Crippen molar-refractivity contribution in [1.82, 2.24) is 0 Å². The Morgan fingerprint density at radius 2 is 2.00 bits per heavy atom. The Hall–Kier alpha value is -1.02. The summed E-state index contributed by atoms with van der Waals surface area (Å²) in [6.45, 7) is 0. The van der Waals surface area contributed by atoms with Gasteiger partial charge >= 0.3 is 0 Å². The fourth-order valence-electron chi connectivity index (χ4n) is 1.89. The summed E-state index contributed by atoms with van der Waals surface area (Å²) in [5.41, 5.74) is 0.998. The summed E-state index contributed by atoms with van der Waals surface area (Å²) in [7, 11) is 0. The molecule has 1 aliphatic carbocycles. The van der Waals surface area contributed by atoms with Crippen molar-refractivity contribution in [3.8, 4) is 0 Å². The second kappa shape index (κ2) is 3.86. The van der Waals surface area contributed by atoms with E-state index in [0.29, 0.717) is 11.3 Å². The molecule has 0 aromatic heterocycles. The lowest BCUT2D eigenvalue weighted by molar-refractivity contribution is 0.419. The van der Waals surface area contributed by atoms with Gasteiger partial charge in [-0.2, -0.15) is 0 Å². The van der Waals surface area contributed by atoms with Crippen molar-refractivity contribution in [3.63, 3.8) is 0 Å². The minimum atomic E-state index is -0.456. The van der Waals surface area contributed by atoms with Crippen molar-refractivity contribution in [2.45, 2.75) is 24.7 Å². The average Bonchev–Trinajstić information content (AvgIpc) is 3.00. The summed E-state index contributed by atoms with van der Waals surface area (Å²) >= 11 is 5.79. The molecule has 0 bridgehead atoms. The van der Waals surface area contributed by atoms with E-state index in [1.807, 2.05) is 24.3 Å². The van der Waals surface area contributed by atoms with Crippen LogP contribution < -0.4 is 0 Å². The number of hydrogen-bond donors (Lipinski definition) is 1. The van der Waals surface area contributed by atoms with Gasteiger partial charge in [0.1, 0.15) is 12.1 Å². The highest BCUT2D eigenvalue weighted by Gasteiger charge is 2.44. The molecule has 15 heavy (non-hydrogen) atoms. The van der Waals surface area contributed by atoms with Gasteiger partial charge in [-0.15, -0.1) is 0 Å². The first-order valence-electron chi connectivity index (χ1n) is 4.91. The van der Waals surface area contributed by atoms with Crippen molar-refractivity contribution < 1.29 is 9.50 Å². The first-order chi connectivity index (χ1) is 7.16. The second-order valence-electron chi connectivity index (χ2n) is 4.04. The van der Waals surface area contributed by atoms with Gasteiger partial charge in [-0.3, -0.25) is 0 Å². The van der Waals surface area contributed by atoms with Crippen LogP contribution in [0.2, 0.25) is 5.02 Å². The number of rotatable bonds is 3. The molecule has 0 aliphatic heterocycles. The second-order valence-corrected chi connectivity index (χ2v) is 4.48. The molecule has 0 atom stereocenters. The molecule has 2 rings (SSSR count). The SMILES string of the molecule is OC=C(F)CC1(c2ccc(Cl)cc2)CC1. The average molecular weight is 227 g/mol. The van der Waals surface area contributed by atoms with Crippen molar-refractivity contribution >= 4 is 11.6 Å². The van der Waals surface area contributed by atoms with E-state index >= 15 is 0 Å². The van der Waals surface area contributed by atoms with Crippen molar-refractivity contribution in [2.24, 2.45) is 0 Å². The number of halogens is 2. The Morgan fingerprint density at radius 3 is 2.47 bits per heavy atom. The van der Waals surface area contributed by atoms with Crippen LogP contribution in [0.5, 0.6) is 0 Å². The Labute approximate surface area is 93.2 Å². The lowest BCUT2D eigenvalue weighted by atomic mass is 9.92. The van der Waals surface area contributed by atoms with E-state index in [9.17, 15) is 4.39 Å². The first-order valence-corrected chi connectivity index (χ1v) is 5.29. The molecule has 1 aromatic carbocycles. The molecule has 0 heterocycles. The number of aliphatic hydroxyl groups excluding tert-OH is 1. The fraction of sp³-hybridized carbons (Fsp3) is 0.333. The molecule has 80 valence electrons. The van der Waals surface area contributed by atoms with Crippen LogP contribution in [0, 0.1) is 0 Å². The lowest BCUT2D eigenvalue weighted by Crippen LogP contribution is -2.06. The summed E-state index contributed by atoms with van der Waals surface area (Å²) in [4.78, 5) is 0. The Balaban J connectivity index is 2.19. The van der Waals surface area contributed by atoms with Crippen LogP contribution in [0.3, 0.4) is 0 Å². The van der Waals surface area contributed by atoms with Crippen LogP contribution in [0.15, 0.2) is 36.4 Å². The van der Waals surface area contributed by atoms with Gasteiger partial charge in [0.15, 0.2) is 0 Å². The van der Waals surface area contributed by atoms with E-state index < -0.39 is 5.83 Å². The predicted molar refractivity (Wildman–Crippen MR) is 58.8 cm³/mol. The number of hydrogen-bond acceptors (Lipinski definition) is 1. The van der Waals surface area contributed by atoms with E-state index in [1.54, 1.807) is 0 Å². The summed E-state index contributed by atoms with van der Waals surface area (Å²) in [6.07, 6.45) is 2.77. The Kier molecular flexibility index (Phi) is 2.70. The van der Waals surface area contributed by atoms with Gasteiger partial charge in [0.25, 0.3) is 0 Å². The molecule has 0 amide bonds. The maximum absolute atomic E-state index is 13.0. The zero-order valence-corrected chi connectivity index (χ0v) is 8.97. The minimum Gasteiger partial charge on any atom is -0.513 e. The third-order valence-electron chi connectivity index (χ3n) is 2.96. The van der Waals surface area contributed by atoms with Gasteiger partial charge in [0, 0.05) is 16.9 Å². The Bertz CT molecular complexity index is 379. The molecule has 1 N–H and O–H groups in total. The highest BCUT2D eigenvalue weighted by Crippen LogP contribution is 2.52. The van der Waals surface area contributed by atoms with E-state index in [1.165, 1.54) is 0 Å². The van der Waals surface area contributed by atoms with Crippen LogP contribution in [-0.4, -0.2) is 5.11 Å². The highest BCUT2D eigenvalue weighted by atomic mass is 35.5. The zero-order chi connectivity index (χ0) is 10.9. The molecule has 0 saturated heterocycles. The Morgan fingerprint density at radius 1 is 1.40 bits per heavy atom. The van der Waals surface area contributed by atoms with E-state index in [-0.39, 0.29) is 11.8 Å². The maximum Gasteiger partial charge on any atom is 0.135 e. The van der Waals surface area contributed by atoms with Crippen molar-refractivity contribution in [2.75, 3.05) is 0 Å². The van der Waals surface area contributed by atoms with Gasteiger partial charge in [0.2, 0.25) is 0 Å². The fourth-order valence-corrected chi connectivity index (χ4v) is 2.02. The van der Waals surface area contributed by atoms with Gasteiger partial charge in [0.05, 0.1) is 0 Å². The van der Waals surface area contributed by atoms with Crippen LogP contribution in [-0.2, 0) is 5.41 Å². The minimum absolute atomic E-state index is 0.103. The molecular weight excluding hydrogens is 215 g/mol. The molecule has 1 saturated carbocycles. The third-order valence-corrected chi connectivity index (χ3v) is 3.21. The van der Waals surface area contributed by atoms with E-state index in [2.05, 4.69) is 0 Å². The van der Waals surface area contributed by atoms with Crippen LogP contribution in [0.25, 0.3) is 0 Å². The van der Waals surface area contributed by atoms with Gasteiger partial charge in [-0.25, -0.2) is 4.39 Å².